The highest BCUT2D eigenvalue weighted by atomic mass is 35.5. The zero-order chi connectivity index (χ0) is 11.7. The molecule has 0 bridgehead atoms. The minimum absolute atomic E-state index is 0.302. The average molecular weight is 233 g/mol. The topological polar surface area (TPSA) is 54.5 Å². The van der Waals surface area contributed by atoms with Crippen LogP contribution in [0.3, 0.4) is 0 Å². The first kappa shape index (κ1) is 10.7. The van der Waals surface area contributed by atoms with Crippen molar-refractivity contribution >= 4 is 11.6 Å². The van der Waals surface area contributed by atoms with Crippen molar-refractivity contribution in [2.24, 2.45) is 7.05 Å². The molecule has 2 aromatic rings. The van der Waals surface area contributed by atoms with E-state index in [1.807, 2.05) is 32.3 Å². The average Bonchev–Trinajstić information content (AvgIpc) is 2.68. The van der Waals surface area contributed by atoms with Gasteiger partial charge in [-0.25, -0.2) is 4.98 Å². The van der Waals surface area contributed by atoms with E-state index in [9.17, 15) is 0 Å². The highest BCUT2D eigenvalue weighted by Crippen LogP contribution is 2.25. The lowest BCUT2D eigenvalue weighted by atomic mass is 10.1. The van der Waals surface area contributed by atoms with Crippen molar-refractivity contribution < 1.29 is 0 Å². The molecule has 0 aromatic carbocycles. The van der Waals surface area contributed by atoms with Crippen LogP contribution >= 0.6 is 11.6 Å². The fraction of sp³-hybridized carbons (Fsp3) is 0.182. The Kier molecular flexibility index (Phi) is 2.63. The molecule has 0 aliphatic heterocycles. The number of nitriles is 1. The Hall–Kier alpha value is -1.86. The smallest absolute Gasteiger partial charge is 0.142 e. The van der Waals surface area contributed by atoms with Gasteiger partial charge in [0.1, 0.15) is 17.5 Å². The van der Waals surface area contributed by atoms with Crippen molar-refractivity contribution in [3.8, 4) is 17.5 Å². The van der Waals surface area contributed by atoms with Crippen LogP contribution in [0.5, 0.6) is 0 Å². The normalized spacial score (nSPS) is 10.1. The van der Waals surface area contributed by atoms with Crippen molar-refractivity contribution in [3.05, 3.63) is 34.6 Å². The van der Waals surface area contributed by atoms with Gasteiger partial charge in [-0.05, 0) is 24.6 Å². The van der Waals surface area contributed by atoms with Crippen molar-refractivity contribution in [1.82, 2.24) is 14.8 Å². The molecule has 2 aromatic heterocycles. The summed E-state index contributed by atoms with van der Waals surface area (Å²) in [6.45, 7) is 1.86. The SMILES string of the molecule is Cc1c(Cl)cc(C#N)nc1-c1ccn(C)n1. The van der Waals surface area contributed by atoms with Gasteiger partial charge in [-0.1, -0.05) is 11.6 Å². The van der Waals surface area contributed by atoms with E-state index in [0.717, 1.165) is 11.3 Å². The van der Waals surface area contributed by atoms with E-state index in [2.05, 4.69) is 10.1 Å². The van der Waals surface area contributed by atoms with Gasteiger partial charge >= 0.3 is 0 Å². The summed E-state index contributed by atoms with van der Waals surface area (Å²) in [7, 11) is 1.83. The van der Waals surface area contributed by atoms with Gasteiger partial charge in [0.25, 0.3) is 0 Å². The van der Waals surface area contributed by atoms with Crippen LogP contribution in [0.2, 0.25) is 5.02 Å². The summed E-state index contributed by atoms with van der Waals surface area (Å²) in [6.07, 6.45) is 1.82. The molecule has 80 valence electrons. The number of pyridine rings is 1. The molecule has 0 unspecified atom stereocenters. The molecular weight excluding hydrogens is 224 g/mol. The summed E-state index contributed by atoms with van der Waals surface area (Å²) in [5.41, 5.74) is 2.51. The largest absolute Gasteiger partial charge is 0.275 e. The number of hydrogen-bond acceptors (Lipinski definition) is 3. The van der Waals surface area contributed by atoms with Crippen molar-refractivity contribution in [3.63, 3.8) is 0 Å². The maximum absolute atomic E-state index is 8.83. The highest BCUT2D eigenvalue weighted by molar-refractivity contribution is 6.31. The van der Waals surface area contributed by atoms with Gasteiger partial charge in [0.15, 0.2) is 0 Å². The second-order valence-corrected chi connectivity index (χ2v) is 3.86. The van der Waals surface area contributed by atoms with Crippen LogP contribution in [0.15, 0.2) is 18.3 Å². The van der Waals surface area contributed by atoms with Crippen molar-refractivity contribution in [1.29, 1.82) is 5.26 Å². The summed E-state index contributed by atoms with van der Waals surface area (Å²) in [5, 5.41) is 13.6. The standard InChI is InChI=1S/C11H9ClN4/c1-7-9(12)5-8(6-13)14-11(7)10-3-4-16(2)15-10/h3-5H,1-2H3. The Morgan fingerprint density at radius 1 is 1.50 bits per heavy atom. The van der Waals surface area contributed by atoms with E-state index < -0.39 is 0 Å². The molecule has 2 rings (SSSR count). The van der Waals surface area contributed by atoms with E-state index in [1.165, 1.54) is 0 Å². The summed E-state index contributed by atoms with van der Waals surface area (Å²) in [6, 6.07) is 5.38. The molecule has 2 heterocycles. The molecule has 4 nitrogen and oxygen atoms in total. The number of halogens is 1. The Morgan fingerprint density at radius 3 is 2.81 bits per heavy atom. The first-order valence-electron chi connectivity index (χ1n) is 4.69. The lowest BCUT2D eigenvalue weighted by Gasteiger charge is -2.04. The van der Waals surface area contributed by atoms with Crippen LogP contribution in [-0.2, 0) is 7.05 Å². The molecule has 16 heavy (non-hydrogen) atoms. The maximum Gasteiger partial charge on any atom is 0.142 e. The highest BCUT2D eigenvalue weighted by Gasteiger charge is 2.11. The fourth-order valence-electron chi connectivity index (χ4n) is 1.43. The summed E-state index contributed by atoms with van der Waals surface area (Å²) < 4.78 is 1.68. The second kappa shape index (κ2) is 3.95. The first-order chi connectivity index (χ1) is 7.61. The Balaban J connectivity index is 2.65. The van der Waals surface area contributed by atoms with Gasteiger partial charge in [0.2, 0.25) is 0 Å². The molecule has 0 aliphatic rings. The summed E-state index contributed by atoms with van der Waals surface area (Å²) in [5.74, 6) is 0. The minimum Gasteiger partial charge on any atom is -0.275 e. The third kappa shape index (κ3) is 1.77. The van der Waals surface area contributed by atoms with E-state index in [1.54, 1.807) is 10.7 Å². The van der Waals surface area contributed by atoms with Gasteiger partial charge in [-0.15, -0.1) is 0 Å². The van der Waals surface area contributed by atoms with Crippen molar-refractivity contribution in [2.75, 3.05) is 0 Å². The van der Waals surface area contributed by atoms with Crippen LogP contribution in [0.25, 0.3) is 11.4 Å². The molecule has 0 amide bonds. The molecule has 0 saturated heterocycles. The zero-order valence-electron chi connectivity index (χ0n) is 8.90. The van der Waals surface area contributed by atoms with Crippen LogP contribution in [0.4, 0.5) is 0 Å². The van der Waals surface area contributed by atoms with Crippen molar-refractivity contribution in [2.45, 2.75) is 6.92 Å². The maximum atomic E-state index is 8.83. The Morgan fingerprint density at radius 2 is 2.25 bits per heavy atom. The number of aromatic nitrogens is 3. The zero-order valence-corrected chi connectivity index (χ0v) is 9.65. The van der Waals surface area contributed by atoms with Crippen LogP contribution in [0.1, 0.15) is 11.3 Å². The van der Waals surface area contributed by atoms with Crippen LogP contribution in [0, 0.1) is 18.3 Å². The molecule has 0 fully saturated rings. The molecule has 0 saturated carbocycles. The fourth-order valence-corrected chi connectivity index (χ4v) is 1.62. The Labute approximate surface area is 98.1 Å². The monoisotopic (exact) mass is 232 g/mol. The minimum atomic E-state index is 0.302. The number of aryl methyl sites for hydroxylation is 1. The van der Waals surface area contributed by atoms with Gasteiger partial charge in [0.05, 0.1) is 5.69 Å². The third-order valence-corrected chi connectivity index (χ3v) is 2.67. The molecule has 0 aliphatic carbocycles. The van der Waals surface area contributed by atoms with E-state index in [0.29, 0.717) is 16.4 Å². The Bertz CT molecular complexity index is 580. The quantitative estimate of drug-likeness (QED) is 0.758. The van der Waals surface area contributed by atoms with Gasteiger partial charge in [-0.2, -0.15) is 10.4 Å². The van der Waals surface area contributed by atoms with Gasteiger partial charge in [0, 0.05) is 18.3 Å². The second-order valence-electron chi connectivity index (χ2n) is 3.45. The predicted octanol–water partition coefficient (Wildman–Crippen LogP) is 2.32. The molecule has 5 heteroatoms. The molecule has 0 N–H and O–H groups in total. The van der Waals surface area contributed by atoms with Gasteiger partial charge in [-0.3, -0.25) is 4.68 Å². The van der Waals surface area contributed by atoms with Crippen LogP contribution < -0.4 is 0 Å². The number of rotatable bonds is 1. The summed E-state index contributed by atoms with van der Waals surface area (Å²) >= 11 is 6.03. The van der Waals surface area contributed by atoms with Crippen LogP contribution in [-0.4, -0.2) is 14.8 Å². The molecule has 0 radical (unpaired) electrons. The van der Waals surface area contributed by atoms with Gasteiger partial charge < -0.3 is 0 Å². The summed E-state index contributed by atoms with van der Waals surface area (Å²) in [4.78, 5) is 4.21. The molecule has 0 atom stereocenters. The molecular formula is C11H9ClN4. The number of nitrogens with zero attached hydrogens (tertiary/aromatic N) is 4. The lowest BCUT2D eigenvalue weighted by molar-refractivity contribution is 0.769. The predicted molar refractivity (Wildman–Crippen MR) is 60.9 cm³/mol. The number of hydrogen-bond donors (Lipinski definition) is 0. The lowest BCUT2D eigenvalue weighted by Crippen LogP contribution is -1.95. The molecule has 0 spiro atoms. The first-order valence-corrected chi connectivity index (χ1v) is 5.07. The van der Waals surface area contributed by atoms with E-state index in [-0.39, 0.29) is 0 Å². The van der Waals surface area contributed by atoms with E-state index in [4.69, 9.17) is 16.9 Å². The van der Waals surface area contributed by atoms with E-state index >= 15 is 0 Å². The third-order valence-electron chi connectivity index (χ3n) is 2.28.